The highest BCUT2D eigenvalue weighted by atomic mass is 16.7. The molecule has 0 aromatic heterocycles. The van der Waals surface area contributed by atoms with Crippen LogP contribution in [0.5, 0.6) is 0 Å². The first-order valence-corrected chi connectivity index (χ1v) is 9.46. The predicted molar refractivity (Wildman–Crippen MR) is 90.5 cm³/mol. The summed E-state index contributed by atoms with van der Waals surface area (Å²) in [6.07, 6.45) is -7.45. The molecular weight excluding hydrogens is 364 g/mol. The van der Waals surface area contributed by atoms with Crippen molar-refractivity contribution in [1.29, 1.82) is 0 Å². The average molecular weight is 396 g/mol. The van der Waals surface area contributed by atoms with Crippen LogP contribution >= 0.6 is 0 Å². The van der Waals surface area contributed by atoms with Gasteiger partial charge in [-0.05, 0) is 6.42 Å². The Morgan fingerprint density at radius 2 is 1.30 bits per heavy atom. The molecule has 6 N–H and O–H groups in total. The zero-order chi connectivity index (χ0) is 20.0. The molecule has 10 heteroatoms. The highest BCUT2D eigenvalue weighted by molar-refractivity contribution is 4.90. The predicted octanol–water partition coefficient (Wildman–Crippen LogP) is -2.15. The lowest BCUT2D eigenvalue weighted by molar-refractivity contribution is -0.310. The lowest BCUT2D eigenvalue weighted by Crippen LogP contribution is -2.59. The van der Waals surface area contributed by atoms with E-state index in [1.54, 1.807) is 0 Å². The maximum atomic E-state index is 10.1. The van der Waals surface area contributed by atoms with Gasteiger partial charge in [-0.25, -0.2) is 0 Å². The third kappa shape index (κ3) is 5.80. The van der Waals surface area contributed by atoms with Crippen molar-refractivity contribution in [2.75, 3.05) is 19.8 Å². The van der Waals surface area contributed by atoms with Crippen molar-refractivity contribution in [3.8, 4) is 0 Å². The van der Waals surface area contributed by atoms with Crippen LogP contribution in [0.3, 0.4) is 0 Å². The summed E-state index contributed by atoms with van der Waals surface area (Å²) in [7, 11) is 0. The van der Waals surface area contributed by atoms with Crippen molar-refractivity contribution in [2.45, 2.75) is 87.9 Å². The number of hydrogen-bond donors (Lipinski definition) is 6. The van der Waals surface area contributed by atoms with Gasteiger partial charge >= 0.3 is 0 Å². The second-order valence-electron chi connectivity index (χ2n) is 6.99. The maximum absolute atomic E-state index is 10.1. The fourth-order valence-electron chi connectivity index (χ4n) is 3.11. The third-order valence-electron chi connectivity index (χ3n) is 4.87. The van der Waals surface area contributed by atoms with Gasteiger partial charge in [0.2, 0.25) is 0 Å². The van der Waals surface area contributed by atoms with Gasteiger partial charge in [-0.3, -0.25) is 0 Å². The summed E-state index contributed by atoms with van der Waals surface area (Å²) in [5.41, 5.74) is 0. The van der Waals surface area contributed by atoms with Crippen LogP contribution in [0, 0.1) is 0 Å². The Kier molecular flexibility index (Phi) is 9.29. The maximum Gasteiger partial charge on any atom is 0.186 e. The van der Waals surface area contributed by atoms with Crippen LogP contribution in [0.2, 0.25) is 0 Å². The summed E-state index contributed by atoms with van der Waals surface area (Å²) in [6.45, 7) is 1.66. The minimum absolute atomic E-state index is 0.284. The van der Waals surface area contributed by atoms with Crippen LogP contribution in [0.4, 0.5) is 0 Å². The summed E-state index contributed by atoms with van der Waals surface area (Å²) >= 11 is 0. The third-order valence-corrected chi connectivity index (χ3v) is 4.87. The van der Waals surface area contributed by atoms with E-state index < -0.39 is 61.9 Å². The van der Waals surface area contributed by atoms with Crippen LogP contribution in [0.1, 0.15) is 32.6 Å². The standard InChI is InChI=1S/C17H32O10/c1-2-3-4-5-6-24-16-15(23)13(21)12(20)10(27-16)8-25-17-14(22)11(19)9(7-18)26-17/h9-23H,2-8H2,1H3/t9-,10+,11-,12+,13-,14+,15+,16+,17+/m0/s1. The Balaban J connectivity index is 1.84. The van der Waals surface area contributed by atoms with Gasteiger partial charge in [0.25, 0.3) is 0 Å². The van der Waals surface area contributed by atoms with E-state index in [1.807, 2.05) is 0 Å². The molecule has 0 aliphatic carbocycles. The summed E-state index contributed by atoms with van der Waals surface area (Å²) < 4.78 is 21.5. The van der Waals surface area contributed by atoms with Gasteiger partial charge in [-0.15, -0.1) is 0 Å². The van der Waals surface area contributed by atoms with E-state index in [9.17, 15) is 25.5 Å². The Morgan fingerprint density at radius 1 is 0.704 bits per heavy atom. The fourth-order valence-corrected chi connectivity index (χ4v) is 3.11. The highest BCUT2D eigenvalue weighted by Gasteiger charge is 2.47. The Bertz CT molecular complexity index is 425. The number of aliphatic hydroxyl groups excluding tert-OH is 6. The molecule has 27 heavy (non-hydrogen) atoms. The average Bonchev–Trinajstić information content (AvgIpc) is 2.94. The molecule has 0 aromatic rings. The second kappa shape index (κ2) is 11.0. The van der Waals surface area contributed by atoms with Crippen molar-refractivity contribution < 1.29 is 49.6 Å². The molecule has 0 radical (unpaired) electrons. The van der Waals surface area contributed by atoms with Gasteiger partial charge in [0.1, 0.15) is 42.7 Å². The van der Waals surface area contributed by atoms with Gasteiger partial charge in [0.15, 0.2) is 12.6 Å². The first-order chi connectivity index (χ1) is 12.9. The smallest absolute Gasteiger partial charge is 0.186 e. The molecule has 0 spiro atoms. The molecule has 2 fully saturated rings. The lowest BCUT2D eigenvalue weighted by Gasteiger charge is -2.40. The monoisotopic (exact) mass is 396 g/mol. The molecule has 9 atom stereocenters. The van der Waals surface area contributed by atoms with Crippen LogP contribution in [-0.2, 0) is 18.9 Å². The molecule has 2 heterocycles. The van der Waals surface area contributed by atoms with E-state index in [-0.39, 0.29) is 6.61 Å². The fraction of sp³-hybridized carbons (Fsp3) is 1.00. The Labute approximate surface area is 158 Å². The minimum Gasteiger partial charge on any atom is -0.394 e. The molecule has 0 amide bonds. The summed E-state index contributed by atoms with van der Waals surface area (Å²) in [4.78, 5) is 0. The van der Waals surface area contributed by atoms with Crippen molar-refractivity contribution in [3.63, 3.8) is 0 Å². The molecule has 0 unspecified atom stereocenters. The molecule has 2 aliphatic heterocycles. The first-order valence-electron chi connectivity index (χ1n) is 9.46. The van der Waals surface area contributed by atoms with Gasteiger partial charge in [-0.1, -0.05) is 26.2 Å². The van der Waals surface area contributed by atoms with Crippen molar-refractivity contribution >= 4 is 0 Å². The van der Waals surface area contributed by atoms with Crippen LogP contribution in [-0.4, -0.2) is 106 Å². The van der Waals surface area contributed by atoms with E-state index in [2.05, 4.69) is 6.92 Å². The summed E-state index contributed by atoms with van der Waals surface area (Å²) in [5, 5.41) is 58.8. The molecule has 2 aliphatic rings. The summed E-state index contributed by atoms with van der Waals surface area (Å²) in [6, 6.07) is 0. The van der Waals surface area contributed by atoms with E-state index in [0.717, 1.165) is 25.7 Å². The minimum atomic E-state index is -1.49. The lowest BCUT2D eigenvalue weighted by atomic mass is 9.99. The molecule has 0 bridgehead atoms. The molecule has 0 saturated carbocycles. The van der Waals surface area contributed by atoms with Crippen LogP contribution in [0.15, 0.2) is 0 Å². The molecule has 2 rings (SSSR count). The molecule has 160 valence electrons. The van der Waals surface area contributed by atoms with E-state index in [1.165, 1.54) is 0 Å². The topological polar surface area (TPSA) is 158 Å². The largest absolute Gasteiger partial charge is 0.394 e. The van der Waals surface area contributed by atoms with Crippen molar-refractivity contribution in [3.05, 3.63) is 0 Å². The molecule has 0 aromatic carbocycles. The highest BCUT2D eigenvalue weighted by Crippen LogP contribution is 2.26. The number of aliphatic hydroxyl groups is 6. The van der Waals surface area contributed by atoms with E-state index >= 15 is 0 Å². The van der Waals surface area contributed by atoms with Crippen LogP contribution < -0.4 is 0 Å². The molecule has 10 nitrogen and oxygen atoms in total. The SMILES string of the molecule is CCCCCCO[C@@H]1O[C@H](CO[C@@H]2O[C@@H](CO)[C@H](O)[C@H]2O)[C@@H](O)[C@H](O)[C@H]1O. The van der Waals surface area contributed by atoms with E-state index in [4.69, 9.17) is 24.1 Å². The van der Waals surface area contributed by atoms with Gasteiger partial charge in [0, 0.05) is 6.61 Å². The number of ether oxygens (including phenoxy) is 4. The zero-order valence-electron chi connectivity index (χ0n) is 15.5. The quantitative estimate of drug-likeness (QED) is 0.225. The normalized spacial score (nSPS) is 42.6. The second-order valence-corrected chi connectivity index (χ2v) is 6.99. The first kappa shape index (κ1) is 22.9. The number of unbranched alkanes of at least 4 members (excludes halogenated alkanes) is 3. The van der Waals surface area contributed by atoms with Gasteiger partial charge < -0.3 is 49.6 Å². The molecule has 2 saturated heterocycles. The number of hydrogen-bond acceptors (Lipinski definition) is 10. The Morgan fingerprint density at radius 3 is 1.93 bits per heavy atom. The Hall–Kier alpha value is -0.400. The van der Waals surface area contributed by atoms with Crippen LogP contribution in [0.25, 0.3) is 0 Å². The molecular formula is C17H32O10. The van der Waals surface area contributed by atoms with Gasteiger partial charge in [-0.2, -0.15) is 0 Å². The zero-order valence-corrected chi connectivity index (χ0v) is 15.5. The van der Waals surface area contributed by atoms with Gasteiger partial charge in [0.05, 0.1) is 13.2 Å². The number of rotatable bonds is 10. The van der Waals surface area contributed by atoms with E-state index in [0.29, 0.717) is 6.61 Å². The van der Waals surface area contributed by atoms with Crippen molar-refractivity contribution in [1.82, 2.24) is 0 Å². The summed E-state index contributed by atoms with van der Waals surface area (Å²) in [5.74, 6) is 0. The van der Waals surface area contributed by atoms with Crippen molar-refractivity contribution in [2.24, 2.45) is 0 Å².